The summed E-state index contributed by atoms with van der Waals surface area (Å²) >= 11 is 0. The van der Waals surface area contributed by atoms with Crippen molar-refractivity contribution in [3.63, 3.8) is 0 Å². The molecule has 1 saturated heterocycles. The van der Waals surface area contributed by atoms with E-state index in [1.54, 1.807) is 36.9 Å². The van der Waals surface area contributed by atoms with Gasteiger partial charge in [-0.05, 0) is 43.4 Å². The third-order valence-electron chi connectivity index (χ3n) is 8.79. The number of halogens is 1. The summed E-state index contributed by atoms with van der Waals surface area (Å²) < 4.78 is 40.9. The minimum absolute atomic E-state index is 0.0161. The minimum atomic E-state index is -3.23. The van der Waals surface area contributed by atoms with E-state index in [2.05, 4.69) is 21.0 Å². The second-order valence-electron chi connectivity index (χ2n) is 11.8. The van der Waals surface area contributed by atoms with E-state index in [0.29, 0.717) is 30.8 Å². The molecule has 2 aromatic rings. The Labute approximate surface area is 263 Å². The highest BCUT2D eigenvalue weighted by Gasteiger charge is 2.37. The molecule has 1 aliphatic carbocycles. The summed E-state index contributed by atoms with van der Waals surface area (Å²) in [7, 11) is -3.23. The number of sulfone groups is 1. The molecule has 12 nitrogen and oxygen atoms in total. The smallest absolute Gasteiger partial charge is 0.245 e. The Morgan fingerprint density at radius 3 is 2.29 bits per heavy atom. The van der Waals surface area contributed by atoms with Gasteiger partial charge < -0.3 is 20.9 Å². The van der Waals surface area contributed by atoms with Crippen LogP contribution >= 0.6 is 0 Å². The van der Waals surface area contributed by atoms with Crippen molar-refractivity contribution in [2.45, 2.75) is 77.8 Å². The van der Waals surface area contributed by atoms with Gasteiger partial charge in [-0.2, -0.15) is 5.10 Å². The molecule has 4 amide bonds. The fourth-order valence-corrected chi connectivity index (χ4v) is 7.24. The Bertz CT molecular complexity index is 1490. The first-order valence-corrected chi connectivity index (χ1v) is 17.5. The van der Waals surface area contributed by atoms with Crippen LogP contribution in [0.25, 0.3) is 0 Å². The van der Waals surface area contributed by atoms with Gasteiger partial charge in [0.15, 0.2) is 9.84 Å². The average Bonchev–Trinajstić information content (AvgIpc) is 3.47. The molecule has 3 N–H and O–H groups in total. The van der Waals surface area contributed by atoms with E-state index in [-0.39, 0.29) is 48.5 Å². The lowest BCUT2D eigenvalue weighted by molar-refractivity contribution is -0.136. The van der Waals surface area contributed by atoms with Crippen molar-refractivity contribution in [1.82, 2.24) is 20.0 Å². The average molecular weight is 647 g/mol. The monoisotopic (exact) mass is 646 g/mol. The number of anilines is 2. The third-order valence-corrected chi connectivity index (χ3v) is 10.4. The maximum Gasteiger partial charge on any atom is 0.245 e. The molecule has 1 aliphatic heterocycles. The number of hydrogen-bond acceptors (Lipinski definition) is 7. The highest BCUT2D eigenvalue weighted by Crippen LogP contribution is 2.33. The number of hydrogen-bond donors (Lipinski definition) is 3. The van der Waals surface area contributed by atoms with Crippen molar-refractivity contribution in [1.29, 1.82) is 0 Å². The van der Waals surface area contributed by atoms with E-state index < -0.39 is 51.3 Å². The van der Waals surface area contributed by atoms with Crippen LogP contribution in [-0.4, -0.2) is 77.4 Å². The number of aromatic nitrogens is 2. The Morgan fingerprint density at radius 2 is 1.67 bits per heavy atom. The van der Waals surface area contributed by atoms with Crippen molar-refractivity contribution < 1.29 is 32.0 Å². The molecule has 2 aliphatic rings. The molecule has 246 valence electrons. The molecule has 45 heavy (non-hydrogen) atoms. The lowest BCUT2D eigenvalue weighted by Gasteiger charge is -2.33. The van der Waals surface area contributed by atoms with Crippen molar-refractivity contribution in [2.75, 3.05) is 35.2 Å². The summed E-state index contributed by atoms with van der Waals surface area (Å²) in [6, 6.07) is 4.77. The summed E-state index contributed by atoms with van der Waals surface area (Å²) in [4.78, 5) is 54.2. The van der Waals surface area contributed by atoms with Crippen LogP contribution < -0.4 is 16.0 Å². The zero-order valence-corrected chi connectivity index (χ0v) is 26.9. The number of nitrogens with one attached hydrogen (secondary N) is 3. The maximum absolute atomic E-state index is 15.5. The first kappa shape index (κ1) is 34.1. The maximum atomic E-state index is 15.5. The summed E-state index contributed by atoms with van der Waals surface area (Å²) in [6.45, 7) is 5.78. The largest absolute Gasteiger partial charge is 0.344 e. The molecule has 0 bridgehead atoms. The predicted octanol–water partition coefficient (Wildman–Crippen LogP) is 3.07. The Balaban J connectivity index is 1.52. The number of amides is 4. The Hall–Kier alpha value is -3.81. The van der Waals surface area contributed by atoms with E-state index in [4.69, 9.17) is 0 Å². The van der Waals surface area contributed by atoms with Crippen LogP contribution in [0.15, 0.2) is 30.5 Å². The SMILES string of the molecule is CCC(=O)N[C@@H](C(=O)N1CCS(=O)(=O)CC1)[C@@H](C)c1ccc(NC(=O)[C@@H](C(=O)Nc2ccnn2CC)C2CCCCC2)c(F)c1. The zero-order valence-electron chi connectivity index (χ0n) is 26.1. The van der Waals surface area contributed by atoms with Crippen molar-refractivity contribution >= 4 is 45.0 Å². The highest BCUT2D eigenvalue weighted by molar-refractivity contribution is 7.91. The predicted molar refractivity (Wildman–Crippen MR) is 167 cm³/mol. The molecule has 1 saturated carbocycles. The van der Waals surface area contributed by atoms with Gasteiger partial charge in [-0.25, -0.2) is 17.5 Å². The van der Waals surface area contributed by atoms with E-state index in [0.717, 1.165) is 19.3 Å². The van der Waals surface area contributed by atoms with Gasteiger partial charge in [0, 0.05) is 38.0 Å². The van der Waals surface area contributed by atoms with Crippen LogP contribution in [0.4, 0.5) is 15.9 Å². The van der Waals surface area contributed by atoms with Gasteiger partial charge in [0.05, 0.1) is 23.4 Å². The van der Waals surface area contributed by atoms with Gasteiger partial charge in [0.25, 0.3) is 0 Å². The van der Waals surface area contributed by atoms with Crippen LogP contribution in [0.5, 0.6) is 0 Å². The van der Waals surface area contributed by atoms with E-state index in [1.807, 2.05) is 6.92 Å². The number of nitrogens with zero attached hydrogens (tertiary/aromatic N) is 3. The topological polar surface area (TPSA) is 160 Å². The summed E-state index contributed by atoms with van der Waals surface area (Å²) in [6.07, 6.45) is 5.94. The number of rotatable bonds is 11. The zero-order chi connectivity index (χ0) is 32.7. The molecule has 3 atom stereocenters. The molecule has 2 fully saturated rings. The van der Waals surface area contributed by atoms with E-state index >= 15 is 4.39 Å². The van der Waals surface area contributed by atoms with Gasteiger partial charge in [0.2, 0.25) is 23.6 Å². The molecule has 14 heteroatoms. The molecule has 1 aromatic carbocycles. The molecule has 0 unspecified atom stereocenters. The highest BCUT2D eigenvalue weighted by atomic mass is 32.2. The molecule has 1 aromatic heterocycles. The second-order valence-corrected chi connectivity index (χ2v) is 14.1. The Morgan fingerprint density at radius 1 is 1.00 bits per heavy atom. The van der Waals surface area contributed by atoms with Crippen molar-refractivity contribution in [2.24, 2.45) is 11.8 Å². The molecule has 4 rings (SSSR count). The molecule has 0 radical (unpaired) electrons. The summed E-state index contributed by atoms with van der Waals surface area (Å²) in [5.41, 5.74) is 0.296. The van der Waals surface area contributed by atoms with Crippen LogP contribution in [0.2, 0.25) is 0 Å². The van der Waals surface area contributed by atoms with Gasteiger partial charge in [-0.15, -0.1) is 0 Å². The molecule has 2 heterocycles. The quantitative estimate of drug-likeness (QED) is 0.317. The first-order chi connectivity index (χ1) is 21.4. The number of aryl methyl sites for hydroxylation is 1. The minimum Gasteiger partial charge on any atom is -0.344 e. The molecule has 0 spiro atoms. The fraction of sp³-hybridized carbons (Fsp3) is 0.581. The lowest BCUT2D eigenvalue weighted by Crippen LogP contribution is -2.54. The van der Waals surface area contributed by atoms with Crippen LogP contribution in [0.1, 0.15) is 70.8 Å². The lowest BCUT2D eigenvalue weighted by atomic mass is 9.79. The van der Waals surface area contributed by atoms with Crippen molar-refractivity contribution in [3.05, 3.63) is 41.8 Å². The fourth-order valence-electron chi connectivity index (χ4n) is 6.03. The number of carbonyl (C=O) groups excluding carboxylic acids is 4. The number of carbonyl (C=O) groups is 4. The molecular formula is C31H43FN6O6S. The van der Waals surface area contributed by atoms with E-state index in [9.17, 15) is 27.6 Å². The summed E-state index contributed by atoms with van der Waals surface area (Å²) in [5.74, 6) is -4.40. The second kappa shape index (κ2) is 15.0. The number of benzene rings is 1. The standard InChI is InChI=1S/C31H43FN6O6S/c1-4-26(39)36-28(31(42)37-15-17-45(43,44)18-16-37)20(3)22-11-12-24(23(32)19-22)34-29(40)27(21-9-7-6-8-10-21)30(41)35-25-13-14-33-38(25)5-2/h11-14,19-21,27-28H,4-10,15-18H2,1-3H3,(H,34,40)(H,35,41)(H,36,39)/t20-,27-,28+/m0/s1. The van der Waals surface area contributed by atoms with Crippen LogP contribution in [0.3, 0.4) is 0 Å². The first-order valence-electron chi connectivity index (χ1n) is 15.7. The van der Waals surface area contributed by atoms with Gasteiger partial charge in [0.1, 0.15) is 23.6 Å². The van der Waals surface area contributed by atoms with Gasteiger partial charge >= 0.3 is 0 Å². The molecular weight excluding hydrogens is 603 g/mol. The third kappa shape index (κ3) is 8.47. The normalized spacial score (nSPS) is 18.8. The Kier molecular flexibility index (Phi) is 11.3. The van der Waals surface area contributed by atoms with Gasteiger partial charge in [-0.3, -0.25) is 19.2 Å². The van der Waals surface area contributed by atoms with Crippen LogP contribution in [-0.2, 0) is 35.6 Å². The van der Waals surface area contributed by atoms with Crippen LogP contribution in [0, 0.1) is 17.7 Å². The summed E-state index contributed by atoms with van der Waals surface area (Å²) in [5, 5.41) is 12.3. The van der Waals surface area contributed by atoms with E-state index in [1.165, 1.54) is 17.0 Å². The van der Waals surface area contributed by atoms with Gasteiger partial charge in [-0.1, -0.05) is 39.2 Å². The van der Waals surface area contributed by atoms with Crippen molar-refractivity contribution in [3.8, 4) is 0 Å².